The largest absolute Gasteiger partial charge is 0.455 e. The summed E-state index contributed by atoms with van der Waals surface area (Å²) in [5.74, 6) is 9.44. The third-order valence-corrected chi connectivity index (χ3v) is 6.92. The molecule has 0 aliphatic heterocycles. The summed E-state index contributed by atoms with van der Waals surface area (Å²) in [6.07, 6.45) is 4.68. The molecule has 0 amide bonds. The quantitative estimate of drug-likeness (QED) is 0.0663. The Labute approximate surface area is 259 Å². The SMILES string of the molecule is C=C[C@H](C#CC#CC[C@@H](OC(=O)c1ccc(Br)cc1)[C@@H](CCCCCCC)OC(=O)c1ccc(Br)cc1)OC(C)=O. The lowest BCUT2D eigenvalue weighted by atomic mass is 10.0. The predicted octanol–water partition coefficient (Wildman–Crippen LogP) is 7.84. The normalized spacial score (nSPS) is 12.3. The number of rotatable bonds is 14. The topological polar surface area (TPSA) is 78.9 Å². The number of unbranched alkanes of at least 4 members (excludes halogenated alkanes) is 4. The van der Waals surface area contributed by atoms with E-state index in [0.717, 1.165) is 41.0 Å². The van der Waals surface area contributed by atoms with Gasteiger partial charge in [-0.25, -0.2) is 9.59 Å². The van der Waals surface area contributed by atoms with Crippen LogP contribution in [0, 0.1) is 23.7 Å². The predicted molar refractivity (Wildman–Crippen MR) is 166 cm³/mol. The van der Waals surface area contributed by atoms with Crippen molar-refractivity contribution in [3.8, 4) is 23.7 Å². The Morgan fingerprint density at radius 3 is 1.85 bits per heavy atom. The van der Waals surface area contributed by atoms with E-state index in [1.807, 2.05) is 0 Å². The van der Waals surface area contributed by atoms with Crippen molar-refractivity contribution >= 4 is 49.8 Å². The summed E-state index contributed by atoms with van der Waals surface area (Å²) in [5.41, 5.74) is 0.752. The van der Waals surface area contributed by atoms with Gasteiger partial charge in [0.15, 0.2) is 6.10 Å². The lowest BCUT2D eigenvalue weighted by molar-refractivity contribution is -0.142. The van der Waals surface area contributed by atoms with E-state index in [1.54, 1.807) is 48.5 Å². The molecule has 2 aromatic carbocycles. The summed E-state index contributed by atoms with van der Waals surface area (Å²) < 4.78 is 18.5. The van der Waals surface area contributed by atoms with Crippen LogP contribution in [0.4, 0.5) is 0 Å². The van der Waals surface area contributed by atoms with Crippen molar-refractivity contribution in [2.24, 2.45) is 0 Å². The third kappa shape index (κ3) is 13.3. The Morgan fingerprint density at radius 2 is 1.34 bits per heavy atom. The van der Waals surface area contributed by atoms with Crippen LogP contribution in [0.25, 0.3) is 0 Å². The Morgan fingerprint density at radius 1 is 0.805 bits per heavy atom. The van der Waals surface area contributed by atoms with E-state index >= 15 is 0 Å². The van der Waals surface area contributed by atoms with Gasteiger partial charge in [0.1, 0.15) is 12.2 Å². The molecule has 0 unspecified atom stereocenters. The van der Waals surface area contributed by atoms with Crippen LogP contribution in [0.1, 0.15) is 79.5 Å². The number of hydrogen-bond acceptors (Lipinski definition) is 6. The molecule has 0 heterocycles. The first kappa shape index (κ1) is 33.9. The summed E-state index contributed by atoms with van der Waals surface area (Å²) in [4.78, 5) is 37.3. The number of ether oxygens (including phenoxy) is 3. The summed E-state index contributed by atoms with van der Waals surface area (Å²) in [5, 5.41) is 0. The van der Waals surface area contributed by atoms with Gasteiger partial charge >= 0.3 is 17.9 Å². The van der Waals surface area contributed by atoms with Gasteiger partial charge in [0.2, 0.25) is 0 Å². The van der Waals surface area contributed by atoms with Crippen LogP contribution in [-0.2, 0) is 19.0 Å². The maximum atomic E-state index is 13.1. The van der Waals surface area contributed by atoms with Crippen LogP contribution in [-0.4, -0.2) is 36.2 Å². The summed E-state index contributed by atoms with van der Waals surface area (Å²) in [7, 11) is 0. The summed E-state index contributed by atoms with van der Waals surface area (Å²) >= 11 is 6.74. The number of hydrogen-bond donors (Lipinski definition) is 0. The second kappa shape index (κ2) is 18.9. The second-order valence-corrected chi connectivity index (χ2v) is 11.0. The molecule has 216 valence electrons. The average Bonchev–Trinajstić information content (AvgIpc) is 2.95. The van der Waals surface area contributed by atoms with E-state index < -0.39 is 36.2 Å². The van der Waals surface area contributed by atoms with Crippen LogP contribution in [0.15, 0.2) is 70.1 Å². The van der Waals surface area contributed by atoms with Crippen LogP contribution >= 0.6 is 31.9 Å². The minimum absolute atomic E-state index is 0.0799. The van der Waals surface area contributed by atoms with Gasteiger partial charge in [-0.05, 0) is 85.2 Å². The zero-order valence-electron chi connectivity index (χ0n) is 23.3. The maximum Gasteiger partial charge on any atom is 0.338 e. The Balaban J connectivity index is 2.31. The molecule has 0 bridgehead atoms. The molecule has 0 radical (unpaired) electrons. The van der Waals surface area contributed by atoms with Gasteiger partial charge in [0.25, 0.3) is 0 Å². The van der Waals surface area contributed by atoms with Crippen molar-refractivity contribution in [1.82, 2.24) is 0 Å². The monoisotopic (exact) mass is 684 g/mol. The molecule has 0 saturated heterocycles. The molecule has 0 aromatic heterocycles. The molecule has 0 spiro atoms. The third-order valence-electron chi connectivity index (χ3n) is 5.86. The number of benzene rings is 2. The Hall–Kier alpha value is -3.33. The molecule has 2 aromatic rings. The molecule has 0 aliphatic rings. The Kier molecular flexibility index (Phi) is 15.6. The zero-order chi connectivity index (χ0) is 30.0. The van der Waals surface area contributed by atoms with Crippen molar-refractivity contribution in [2.75, 3.05) is 0 Å². The maximum absolute atomic E-state index is 13.1. The van der Waals surface area contributed by atoms with Crippen molar-refractivity contribution in [3.05, 3.63) is 81.3 Å². The fraction of sp³-hybridized carbons (Fsp3) is 0.364. The first-order valence-corrected chi connectivity index (χ1v) is 15.0. The summed E-state index contributed by atoms with van der Waals surface area (Å²) in [6, 6.07) is 13.7. The van der Waals surface area contributed by atoms with E-state index in [4.69, 9.17) is 14.2 Å². The van der Waals surface area contributed by atoms with Gasteiger partial charge in [-0.3, -0.25) is 4.79 Å². The van der Waals surface area contributed by atoms with E-state index in [0.29, 0.717) is 17.5 Å². The second-order valence-electron chi connectivity index (χ2n) is 9.15. The van der Waals surface area contributed by atoms with Gasteiger partial charge in [0, 0.05) is 15.9 Å². The lowest BCUT2D eigenvalue weighted by Gasteiger charge is -2.26. The van der Waals surface area contributed by atoms with Crippen LogP contribution in [0.2, 0.25) is 0 Å². The van der Waals surface area contributed by atoms with E-state index in [9.17, 15) is 14.4 Å². The summed E-state index contributed by atoms with van der Waals surface area (Å²) in [6.45, 7) is 7.02. The van der Waals surface area contributed by atoms with Crippen molar-refractivity contribution in [2.45, 2.75) is 77.1 Å². The molecule has 0 N–H and O–H groups in total. The number of esters is 3. The van der Waals surface area contributed by atoms with E-state index in [1.165, 1.54) is 13.0 Å². The van der Waals surface area contributed by atoms with Crippen molar-refractivity contribution in [3.63, 3.8) is 0 Å². The zero-order valence-corrected chi connectivity index (χ0v) is 26.5. The lowest BCUT2D eigenvalue weighted by Crippen LogP contribution is -2.35. The first-order valence-electron chi connectivity index (χ1n) is 13.4. The molecular weight excluding hydrogens is 652 g/mol. The number of halogens is 2. The number of carbonyl (C=O) groups excluding carboxylic acids is 3. The smallest absolute Gasteiger partial charge is 0.338 e. The molecule has 8 heteroatoms. The van der Waals surface area contributed by atoms with Crippen LogP contribution < -0.4 is 0 Å². The highest BCUT2D eigenvalue weighted by Crippen LogP contribution is 2.21. The Bertz CT molecular complexity index is 1280. The molecule has 0 fully saturated rings. The van der Waals surface area contributed by atoms with Gasteiger partial charge in [0.05, 0.1) is 17.5 Å². The molecule has 0 aliphatic carbocycles. The van der Waals surface area contributed by atoms with Crippen LogP contribution in [0.5, 0.6) is 0 Å². The highest BCUT2D eigenvalue weighted by atomic mass is 79.9. The molecule has 3 atom stereocenters. The standard InChI is InChI=1S/C33H34Br2O6/c1-4-6-7-8-11-14-30(40-32(37)25-16-20-27(34)21-17-25)31(41-33(38)26-18-22-28(35)23-19-26)15-12-9-10-13-29(5-2)39-24(3)36/h5,16-23,29-31H,2,4,6-8,11,14-15H2,1,3H3/t29-,30-,31-/m1/s1. The minimum Gasteiger partial charge on any atom is -0.455 e. The molecule has 41 heavy (non-hydrogen) atoms. The molecule has 0 saturated carbocycles. The highest BCUT2D eigenvalue weighted by Gasteiger charge is 2.29. The van der Waals surface area contributed by atoms with Gasteiger partial charge in [-0.2, -0.15) is 0 Å². The van der Waals surface area contributed by atoms with Gasteiger partial charge in [-0.15, -0.1) is 0 Å². The minimum atomic E-state index is -0.838. The first-order chi connectivity index (χ1) is 19.7. The van der Waals surface area contributed by atoms with Crippen molar-refractivity contribution < 1.29 is 28.6 Å². The van der Waals surface area contributed by atoms with Gasteiger partial charge < -0.3 is 14.2 Å². The van der Waals surface area contributed by atoms with Crippen molar-refractivity contribution in [1.29, 1.82) is 0 Å². The fourth-order valence-corrected chi connectivity index (χ4v) is 4.25. The van der Waals surface area contributed by atoms with E-state index in [-0.39, 0.29) is 6.42 Å². The highest BCUT2D eigenvalue weighted by molar-refractivity contribution is 9.10. The van der Waals surface area contributed by atoms with E-state index in [2.05, 4.69) is 69.0 Å². The molecule has 6 nitrogen and oxygen atoms in total. The number of carbonyl (C=O) groups is 3. The average molecular weight is 686 g/mol. The van der Waals surface area contributed by atoms with Gasteiger partial charge in [-0.1, -0.05) is 77.0 Å². The molecular formula is C33H34Br2O6. The molecule has 2 rings (SSSR count). The fourth-order valence-electron chi connectivity index (χ4n) is 3.72. The van der Waals surface area contributed by atoms with Crippen LogP contribution in [0.3, 0.4) is 0 Å².